The standard InChI is InChI=1S/C27H34N2O4/c1-6-8-21-17-29(18-22-13-12-20(27(31)33-5)16-25(22)32-4)24-15-19(11-14-23(21)24)9-7-10-26(30)28(2)3/h11-17H,6-10,18H2,1-5H3. The molecule has 3 rings (SSSR count). The molecule has 2 aromatic carbocycles. The van der Waals surface area contributed by atoms with Crippen molar-refractivity contribution in [3.8, 4) is 5.75 Å². The number of carbonyl (C=O) groups excluding carboxylic acids is 2. The van der Waals surface area contributed by atoms with Gasteiger partial charge in [-0.2, -0.15) is 0 Å². The van der Waals surface area contributed by atoms with E-state index in [1.165, 1.54) is 29.1 Å². The minimum absolute atomic E-state index is 0.159. The van der Waals surface area contributed by atoms with Gasteiger partial charge in [-0.05, 0) is 48.6 Å². The van der Waals surface area contributed by atoms with Gasteiger partial charge >= 0.3 is 5.97 Å². The SMILES string of the molecule is CCCc1cn(Cc2ccc(C(=O)OC)cc2OC)c2cc(CCCC(=O)N(C)C)ccc12. The summed E-state index contributed by atoms with van der Waals surface area (Å²) in [5.41, 5.74) is 5.19. The van der Waals surface area contributed by atoms with Crippen LogP contribution in [0.5, 0.6) is 5.75 Å². The van der Waals surface area contributed by atoms with Crippen molar-refractivity contribution in [2.45, 2.75) is 45.6 Å². The molecule has 6 heteroatoms. The molecule has 1 amide bonds. The highest BCUT2D eigenvalue weighted by Crippen LogP contribution is 2.28. The van der Waals surface area contributed by atoms with E-state index in [1.54, 1.807) is 38.2 Å². The summed E-state index contributed by atoms with van der Waals surface area (Å²) < 4.78 is 12.7. The average molecular weight is 451 g/mol. The third-order valence-electron chi connectivity index (χ3n) is 5.95. The predicted molar refractivity (Wildman–Crippen MR) is 131 cm³/mol. The van der Waals surface area contributed by atoms with Crippen molar-refractivity contribution in [3.63, 3.8) is 0 Å². The molecular weight excluding hydrogens is 416 g/mol. The lowest BCUT2D eigenvalue weighted by Crippen LogP contribution is -2.21. The van der Waals surface area contributed by atoms with Gasteiger partial charge < -0.3 is 18.9 Å². The number of carbonyl (C=O) groups is 2. The molecule has 0 radical (unpaired) electrons. The molecule has 0 aliphatic carbocycles. The number of methoxy groups -OCH3 is 2. The number of hydrogen-bond acceptors (Lipinski definition) is 4. The van der Waals surface area contributed by atoms with Crippen molar-refractivity contribution in [3.05, 3.63) is 64.8 Å². The van der Waals surface area contributed by atoms with Crippen LogP contribution in [0, 0.1) is 0 Å². The minimum atomic E-state index is -0.381. The van der Waals surface area contributed by atoms with Crippen LogP contribution in [0.25, 0.3) is 10.9 Å². The van der Waals surface area contributed by atoms with Crippen LogP contribution in [-0.4, -0.2) is 49.7 Å². The second kappa shape index (κ2) is 11.0. The number of amides is 1. The van der Waals surface area contributed by atoms with Gasteiger partial charge in [-0.1, -0.05) is 31.5 Å². The van der Waals surface area contributed by atoms with Gasteiger partial charge in [0.2, 0.25) is 5.91 Å². The van der Waals surface area contributed by atoms with E-state index in [-0.39, 0.29) is 11.9 Å². The molecule has 0 aliphatic heterocycles. The van der Waals surface area contributed by atoms with Gasteiger partial charge in [0.15, 0.2) is 0 Å². The van der Waals surface area contributed by atoms with Crippen molar-refractivity contribution in [1.29, 1.82) is 0 Å². The maximum atomic E-state index is 11.9. The van der Waals surface area contributed by atoms with E-state index in [0.717, 1.165) is 31.2 Å². The van der Waals surface area contributed by atoms with Crippen molar-refractivity contribution >= 4 is 22.8 Å². The molecule has 3 aromatic rings. The Kier molecular flexibility index (Phi) is 8.15. The number of nitrogens with zero attached hydrogens (tertiary/aromatic N) is 2. The first kappa shape index (κ1) is 24.4. The van der Waals surface area contributed by atoms with E-state index in [0.29, 0.717) is 24.3 Å². The fourth-order valence-corrected chi connectivity index (χ4v) is 4.14. The van der Waals surface area contributed by atoms with Crippen molar-refractivity contribution in [1.82, 2.24) is 9.47 Å². The smallest absolute Gasteiger partial charge is 0.337 e. The first-order valence-corrected chi connectivity index (χ1v) is 11.4. The quantitative estimate of drug-likeness (QED) is 0.415. The summed E-state index contributed by atoms with van der Waals surface area (Å²) >= 11 is 0. The number of benzene rings is 2. The van der Waals surface area contributed by atoms with Gasteiger partial charge in [-0.15, -0.1) is 0 Å². The number of aromatic nitrogens is 1. The Balaban J connectivity index is 1.91. The van der Waals surface area contributed by atoms with E-state index < -0.39 is 0 Å². The molecular formula is C27H34N2O4. The first-order valence-electron chi connectivity index (χ1n) is 11.4. The van der Waals surface area contributed by atoms with Gasteiger partial charge in [0, 0.05) is 43.2 Å². The lowest BCUT2D eigenvalue weighted by atomic mass is 10.0. The molecule has 0 aliphatic rings. The maximum absolute atomic E-state index is 11.9. The molecule has 0 spiro atoms. The number of fused-ring (bicyclic) bond motifs is 1. The van der Waals surface area contributed by atoms with Crippen LogP contribution in [0.2, 0.25) is 0 Å². The maximum Gasteiger partial charge on any atom is 0.337 e. The summed E-state index contributed by atoms with van der Waals surface area (Å²) in [4.78, 5) is 25.4. The van der Waals surface area contributed by atoms with Crippen molar-refractivity contribution in [2.75, 3.05) is 28.3 Å². The summed E-state index contributed by atoms with van der Waals surface area (Å²) in [6, 6.07) is 12.1. The lowest BCUT2D eigenvalue weighted by Gasteiger charge is -2.12. The Bertz CT molecular complexity index is 1130. The molecule has 1 aromatic heterocycles. The number of esters is 1. The Morgan fingerprint density at radius 3 is 2.45 bits per heavy atom. The summed E-state index contributed by atoms with van der Waals surface area (Å²) in [5.74, 6) is 0.441. The predicted octanol–water partition coefficient (Wildman–Crippen LogP) is 4.85. The Morgan fingerprint density at radius 2 is 1.79 bits per heavy atom. The third-order valence-corrected chi connectivity index (χ3v) is 5.95. The van der Waals surface area contributed by atoms with E-state index in [4.69, 9.17) is 9.47 Å². The molecule has 0 saturated carbocycles. The monoisotopic (exact) mass is 450 g/mol. The molecule has 0 unspecified atom stereocenters. The van der Waals surface area contributed by atoms with Crippen LogP contribution in [0.3, 0.4) is 0 Å². The highest BCUT2D eigenvalue weighted by atomic mass is 16.5. The second-order valence-corrected chi connectivity index (χ2v) is 8.54. The molecule has 0 bridgehead atoms. The van der Waals surface area contributed by atoms with E-state index in [1.807, 2.05) is 6.07 Å². The molecule has 6 nitrogen and oxygen atoms in total. The highest BCUT2D eigenvalue weighted by molar-refractivity contribution is 5.90. The van der Waals surface area contributed by atoms with Crippen LogP contribution in [0.1, 0.15) is 53.2 Å². The Labute approximate surface area is 196 Å². The van der Waals surface area contributed by atoms with E-state index in [2.05, 4.69) is 35.9 Å². The number of hydrogen-bond donors (Lipinski definition) is 0. The van der Waals surface area contributed by atoms with E-state index in [9.17, 15) is 9.59 Å². The Hall–Kier alpha value is -3.28. The lowest BCUT2D eigenvalue weighted by molar-refractivity contribution is -0.128. The van der Waals surface area contributed by atoms with Crippen molar-refractivity contribution < 1.29 is 19.1 Å². The van der Waals surface area contributed by atoms with Gasteiger partial charge in [0.1, 0.15) is 5.75 Å². The van der Waals surface area contributed by atoms with E-state index >= 15 is 0 Å². The summed E-state index contributed by atoms with van der Waals surface area (Å²) in [5, 5.41) is 1.26. The summed E-state index contributed by atoms with van der Waals surface area (Å²) in [6.45, 7) is 2.82. The van der Waals surface area contributed by atoms with Gasteiger partial charge in [-0.25, -0.2) is 4.79 Å². The molecule has 0 N–H and O–H groups in total. The normalized spacial score (nSPS) is 10.9. The van der Waals surface area contributed by atoms with Crippen LogP contribution >= 0.6 is 0 Å². The van der Waals surface area contributed by atoms with Gasteiger partial charge in [-0.3, -0.25) is 4.79 Å². The van der Waals surface area contributed by atoms with Crippen LogP contribution in [0.4, 0.5) is 0 Å². The van der Waals surface area contributed by atoms with Gasteiger partial charge in [0.25, 0.3) is 0 Å². The van der Waals surface area contributed by atoms with Crippen LogP contribution < -0.4 is 4.74 Å². The largest absolute Gasteiger partial charge is 0.496 e. The zero-order chi connectivity index (χ0) is 24.0. The molecule has 1 heterocycles. The zero-order valence-corrected chi connectivity index (χ0v) is 20.3. The molecule has 0 saturated heterocycles. The topological polar surface area (TPSA) is 60.8 Å². The zero-order valence-electron chi connectivity index (χ0n) is 20.3. The minimum Gasteiger partial charge on any atom is -0.496 e. The number of ether oxygens (including phenoxy) is 2. The summed E-state index contributed by atoms with van der Waals surface area (Å²) in [6.07, 6.45) is 6.55. The second-order valence-electron chi connectivity index (χ2n) is 8.54. The van der Waals surface area contributed by atoms with Crippen LogP contribution in [0.15, 0.2) is 42.6 Å². The van der Waals surface area contributed by atoms with Crippen molar-refractivity contribution in [2.24, 2.45) is 0 Å². The number of aryl methyl sites for hydroxylation is 2. The highest BCUT2D eigenvalue weighted by Gasteiger charge is 2.14. The van der Waals surface area contributed by atoms with Gasteiger partial charge in [0.05, 0.1) is 26.3 Å². The van der Waals surface area contributed by atoms with Crippen LogP contribution in [-0.2, 0) is 28.9 Å². The number of rotatable bonds is 10. The summed E-state index contributed by atoms with van der Waals surface area (Å²) in [7, 11) is 6.58. The average Bonchev–Trinajstić information content (AvgIpc) is 3.15. The molecule has 0 atom stereocenters. The Morgan fingerprint density at radius 1 is 1.00 bits per heavy atom. The fraction of sp³-hybridized carbons (Fsp3) is 0.407. The first-order chi connectivity index (χ1) is 15.9. The third kappa shape index (κ3) is 5.75. The fourth-order valence-electron chi connectivity index (χ4n) is 4.14. The molecule has 176 valence electrons. The molecule has 33 heavy (non-hydrogen) atoms. The molecule has 0 fully saturated rings.